The van der Waals surface area contributed by atoms with E-state index in [4.69, 9.17) is 4.74 Å². The van der Waals surface area contributed by atoms with Gasteiger partial charge in [0.2, 0.25) is 0 Å². The molecule has 0 radical (unpaired) electrons. The largest absolute Gasteiger partial charge is 0.456 e. The van der Waals surface area contributed by atoms with Crippen LogP contribution in [0.4, 0.5) is 0 Å². The molecule has 0 aromatic rings. The molecule has 0 unspecified atom stereocenters. The molecule has 1 fully saturated rings. The number of ether oxygens (including phenoxy) is 1. The Labute approximate surface area is 73.3 Å². The van der Waals surface area contributed by atoms with Gasteiger partial charge >= 0.3 is 5.97 Å². The molecule has 0 heterocycles. The van der Waals surface area contributed by atoms with Crippen LogP contribution in [0.15, 0.2) is 0 Å². The smallest absolute Gasteiger partial charge is 0.303 e. The highest BCUT2D eigenvalue weighted by molar-refractivity contribution is 5.66. The van der Waals surface area contributed by atoms with Gasteiger partial charge in [0.15, 0.2) is 6.10 Å². The summed E-state index contributed by atoms with van der Waals surface area (Å²) in [4.78, 5) is 10.7. The molecule has 0 aromatic heterocycles. The Bertz CT molecular complexity index is 159. The number of carbonyl (C=O) groups is 1. The summed E-state index contributed by atoms with van der Waals surface area (Å²) in [6.07, 6.45) is 5.82. The van der Waals surface area contributed by atoms with E-state index in [2.05, 4.69) is 5.73 Å². The number of quaternary nitrogens is 1. The summed E-state index contributed by atoms with van der Waals surface area (Å²) >= 11 is 0. The molecule has 3 heteroatoms. The van der Waals surface area contributed by atoms with Crippen LogP contribution in [0.2, 0.25) is 0 Å². The zero-order valence-corrected chi connectivity index (χ0v) is 7.71. The van der Waals surface area contributed by atoms with E-state index in [1.165, 1.54) is 26.2 Å². The lowest BCUT2D eigenvalue weighted by atomic mass is 10.1. The van der Waals surface area contributed by atoms with E-state index in [0.29, 0.717) is 6.04 Å². The van der Waals surface area contributed by atoms with Gasteiger partial charge in [-0.25, -0.2) is 0 Å². The van der Waals surface area contributed by atoms with Crippen LogP contribution in [0, 0.1) is 0 Å². The molecule has 2 atom stereocenters. The van der Waals surface area contributed by atoms with Gasteiger partial charge in [0.1, 0.15) is 6.04 Å². The zero-order valence-electron chi connectivity index (χ0n) is 7.71. The fourth-order valence-electron chi connectivity index (χ4n) is 1.72. The molecule has 1 saturated carbocycles. The quantitative estimate of drug-likeness (QED) is 0.462. The lowest BCUT2D eigenvalue weighted by molar-refractivity contribution is -0.438. The fourth-order valence-corrected chi connectivity index (χ4v) is 1.72. The molecule has 1 aliphatic carbocycles. The highest BCUT2D eigenvalue weighted by Crippen LogP contribution is 2.18. The maximum absolute atomic E-state index is 10.7. The second kappa shape index (κ2) is 4.45. The van der Waals surface area contributed by atoms with E-state index >= 15 is 0 Å². The van der Waals surface area contributed by atoms with Crippen molar-refractivity contribution < 1.29 is 15.3 Å². The van der Waals surface area contributed by atoms with Gasteiger partial charge in [-0.15, -0.1) is 0 Å². The lowest BCUT2D eigenvalue weighted by Crippen LogP contribution is -2.66. The zero-order chi connectivity index (χ0) is 8.97. The number of rotatable bonds is 1. The summed E-state index contributed by atoms with van der Waals surface area (Å²) in [6.45, 7) is 1.47. The first-order chi connectivity index (χ1) is 5.70. The average Bonchev–Trinajstić information content (AvgIpc) is 2.16. The monoisotopic (exact) mass is 172 g/mol. The van der Waals surface area contributed by atoms with Crippen molar-refractivity contribution in [2.24, 2.45) is 0 Å². The molecule has 3 N–H and O–H groups in total. The van der Waals surface area contributed by atoms with Crippen LogP contribution in [0.3, 0.4) is 0 Å². The minimum absolute atomic E-state index is 0.0741. The summed E-state index contributed by atoms with van der Waals surface area (Å²) in [6, 6.07) is 0.302. The molecule has 1 rings (SSSR count). The highest BCUT2D eigenvalue weighted by Gasteiger charge is 2.25. The average molecular weight is 172 g/mol. The Hall–Kier alpha value is -0.570. The van der Waals surface area contributed by atoms with Gasteiger partial charge in [-0.1, -0.05) is 6.42 Å². The van der Waals surface area contributed by atoms with E-state index < -0.39 is 0 Å². The summed E-state index contributed by atoms with van der Waals surface area (Å²) in [5.74, 6) is -0.171. The van der Waals surface area contributed by atoms with Crippen molar-refractivity contribution in [3.05, 3.63) is 0 Å². The summed E-state index contributed by atoms with van der Waals surface area (Å²) in [5, 5.41) is 0. The van der Waals surface area contributed by atoms with E-state index in [1.807, 2.05) is 0 Å². The minimum atomic E-state index is -0.171. The van der Waals surface area contributed by atoms with Crippen molar-refractivity contribution in [2.45, 2.75) is 51.2 Å². The van der Waals surface area contributed by atoms with Gasteiger partial charge in [-0.05, 0) is 19.3 Å². The number of esters is 1. The van der Waals surface area contributed by atoms with Crippen LogP contribution < -0.4 is 5.73 Å². The molecule has 0 spiro atoms. The number of hydrogen-bond donors (Lipinski definition) is 1. The molecule has 0 bridgehead atoms. The van der Waals surface area contributed by atoms with Crippen molar-refractivity contribution in [1.82, 2.24) is 0 Å². The molecule has 12 heavy (non-hydrogen) atoms. The van der Waals surface area contributed by atoms with Crippen LogP contribution in [0.25, 0.3) is 0 Å². The SMILES string of the molecule is CC(=O)O[C@@H]1CCCCC[C@@H]1[NH3+]. The second-order valence-corrected chi connectivity index (χ2v) is 3.55. The molecule has 0 aliphatic heterocycles. The first kappa shape index (κ1) is 9.52. The van der Waals surface area contributed by atoms with Crippen LogP contribution in [-0.2, 0) is 9.53 Å². The van der Waals surface area contributed by atoms with E-state index in [1.54, 1.807) is 0 Å². The summed E-state index contributed by atoms with van der Waals surface area (Å²) < 4.78 is 5.18. The van der Waals surface area contributed by atoms with Gasteiger partial charge in [0, 0.05) is 13.3 Å². The predicted molar refractivity (Wildman–Crippen MR) is 45.3 cm³/mol. The minimum Gasteiger partial charge on any atom is -0.456 e. The predicted octanol–water partition coefficient (Wildman–Crippen LogP) is 0.493. The van der Waals surface area contributed by atoms with Crippen molar-refractivity contribution in [1.29, 1.82) is 0 Å². The Kier molecular flexibility index (Phi) is 3.53. The molecule has 70 valence electrons. The third-order valence-corrected chi connectivity index (χ3v) is 2.41. The van der Waals surface area contributed by atoms with E-state index in [9.17, 15) is 4.79 Å². The van der Waals surface area contributed by atoms with E-state index in [-0.39, 0.29) is 12.1 Å². The fraction of sp³-hybridized carbons (Fsp3) is 0.889. The molecule has 1 aliphatic rings. The Balaban J connectivity index is 2.41. The third kappa shape index (κ3) is 2.81. The molecule has 3 nitrogen and oxygen atoms in total. The normalized spacial score (nSPS) is 30.8. The Morgan fingerprint density at radius 1 is 1.33 bits per heavy atom. The Morgan fingerprint density at radius 3 is 2.67 bits per heavy atom. The first-order valence-electron chi connectivity index (χ1n) is 4.70. The molecule has 0 saturated heterocycles. The van der Waals surface area contributed by atoms with Gasteiger partial charge in [-0.3, -0.25) is 4.79 Å². The van der Waals surface area contributed by atoms with Crippen molar-refractivity contribution in [2.75, 3.05) is 0 Å². The maximum Gasteiger partial charge on any atom is 0.303 e. The van der Waals surface area contributed by atoms with Crippen LogP contribution >= 0.6 is 0 Å². The Morgan fingerprint density at radius 2 is 2.00 bits per heavy atom. The van der Waals surface area contributed by atoms with Crippen LogP contribution in [0.5, 0.6) is 0 Å². The molecular weight excluding hydrogens is 154 g/mol. The summed E-state index contributed by atoms with van der Waals surface area (Å²) in [5.41, 5.74) is 4.01. The van der Waals surface area contributed by atoms with Crippen LogP contribution in [-0.4, -0.2) is 18.1 Å². The van der Waals surface area contributed by atoms with Gasteiger partial charge < -0.3 is 10.5 Å². The van der Waals surface area contributed by atoms with Gasteiger partial charge in [0.05, 0.1) is 0 Å². The van der Waals surface area contributed by atoms with E-state index in [0.717, 1.165) is 12.8 Å². The number of hydrogen-bond acceptors (Lipinski definition) is 2. The topological polar surface area (TPSA) is 53.9 Å². The highest BCUT2D eigenvalue weighted by atomic mass is 16.5. The molecule has 0 aromatic carbocycles. The maximum atomic E-state index is 10.7. The summed E-state index contributed by atoms with van der Waals surface area (Å²) in [7, 11) is 0. The second-order valence-electron chi connectivity index (χ2n) is 3.55. The van der Waals surface area contributed by atoms with Gasteiger partial charge in [0.25, 0.3) is 0 Å². The molecule has 0 amide bonds. The lowest BCUT2D eigenvalue weighted by Gasteiger charge is -2.17. The third-order valence-electron chi connectivity index (χ3n) is 2.41. The standard InChI is InChI=1S/C9H17NO2/c1-7(11)12-9-6-4-2-3-5-8(9)10/h8-9H,2-6,10H2,1H3/p+1/t8-,9+/m0/s1. The van der Waals surface area contributed by atoms with Crippen molar-refractivity contribution in [3.8, 4) is 0 Å². The molecular formula is C9H18NO2+. The van der Waals surface area contributed by atoms with Crippen molar-refractivity contribution in [3.63, 3.8) is 0 Å². The van der Waals surface area contributed by atoms with Gasteiger partial charge in [-0.2, -0.15) is 0 Å². The van der Waals surface area contributed by atoms with Crippen LogP contribution in [0.1, 0.15) is 39.0 Å². The number of carbonyl (C=O) groups excluding carboxylic acids is 1. The van der Waals surface area contributed by atoms with Crippen molar-refractivity contribution >= 4 is 5.97 Å². The first-order valence-corrected chi connectivity index (χ1v) is 4.70.